The van der Waals surface area contributed by atoms with Crippen LogP contribution in [-0.4, -0.2) is 168 Å². The zero-order valence-corrected chi connectivity index (χ0v) is 45.9. The van der Waals surface area contributed by atoms with Crippen LogP contribution in [0.4, 0.5) is 0 Å². The number of cyclic esters (lactones) is 2. The number of ketones is 1. The zero-order chi connectivity index (χ0) is 55.3. The van der Waals surface area contributed by atoms with Gasteiger partial charge in [0.25, 0.3) is 0 Å². The van der Waals surface area contributed by atoms with Gasteiger partial charge in [-0.25, -0.2) is 4.79 Å². The van der Waals surface area contributed by atoms with Gasteiger partial charge in [-0.15, -0.1) is 0 Å². The number of ether oxygens (including phenoxy) is 3. The topological polar surface area (TPSA) is 259 Å². The lowest BCUT2D eigenvalue weighted by atomic mass is 9.91. The van der Waals surface area contributed by atoms with Gasteiger partial charge < -0.3 is 55.3 Å². The van der Waals surface area contributed by atoms with Crippen LogP contribution in [0.3, 0.4) is 0 Å². The van der Waals surface area contributed by atoms with Gasteiger partial charge in [0, 0.05) is 27.1 Å². The number of nitrogens with zero attached hydrogens (tertiary/aromatic N) is 3. The molecule has 1 aromatic rings. The average molecular weight is 1040 g/mol. The van der Waals surface area contributed by atoms with E-state index < -0.39 is 132 Å². The number of fused-ring (bicyclic) bond motifs is 1. The number of methoxy groups -OCH3 is 1. The van der Waals surface area contributed by atoms with Crippen molar-refractivity contribution >= 4 is 53.2 Å². The highest BCUT2D eigenvalue weighted by Crippen LogP contribution is 2.26. The van der Waals surface area contributed by atoms with Crippen LogP contribution in [0.15, 0.2) is 24.3 Å². The summed E-state index contributed by atoms with van der Waals surface area (Å²) in [6.07, 6.45) is -2.50. The van der Waals surface area contributed by atoms with Crippen LogP contribution in [0.2, 0.25) is 0 Å². The number of hydrogen-bond donors (Lipinski definition) is 5. The first kappa shape index (κ1) is 60.9. The second kappa shape index (κ2) is 27.8. The second-order valence-corrected chi connectivity index (χ2v) is 21.7. The molecule has 0 aliphatic carbocycles. The number of esters is 2. The highest BCUT2D eigenvalue weighted by Gasteiger charge is 2.45. The van der Waals surface area contributed by atoms with Gasteiger partial charge in [0.05, 0.1) is 37.6 Å². The third kappa shape index (κ3) is 15.9. The number of aliphatic hydroxyl groups excluding tert-OH is 1. The van der Waals surface area contributed by atoms with Crippen molar-refractivity contribution in [1.82, 2.24) is 36.0 Å². The molecule has 0 unspecified atom stereocenters. The molecule has 3 fully saturated rings. The minimum Gasteiger partial charge on any atom is -0.497 e. The minimum atomic E-state index is -1.67. The fourth-order valence-corrected chi connectivity index (χ4v) is 9.90. The van der Waals surface area contributed by atoms with E-state index in [0.717, 1.165) is 6.42 Å². The summed E-state index contributed by atoms with van der Waals surface area (Å²) < 4.78 is 17.2. The Morgan fingerprint density at radius 2 is 1.55 bits per heavy atom. The van der Waals surface area contributed by atoms with Gasteiger partial charge >= 0.3 is 11.9 Å². The maximum Gasteiger partial charge on any atom is 0.329 e. The summed E-state index contributed by atoms with van der Waals surface area (Å²) in [4.78, 5) is 133. The minimum absolute atomic E-state index is 0.0893. The quantitative estimate of drug-likeness (QED) is 0.133. The number of Topliss-reactive ketones (excluding diaryl/α,β-unsaturated/α-hetero) is 1. The largest absolute Gasteiger partial charge is 0.497 e. The summed E-state index contributed by atoms with van der Waals surface area (Å²) in [5.41, 5.74) is 0.604. The van der Waals surface area contributed by atoms with E-state index in [2.05, 4.69) is 21.3 Å². The third-order valence-electron chi connectivity index (χ3n) is 14.7. The number of hydrogen-bond acceptors (Lipinski definition) is 14. The summed E-state index contributed by atoms with van der Waals surface area (Å²) in [6, 6.07) is -1.16. The molecule has 0 aromatic heterocycles. The van der Waals surface area contributed by atoms with E-state index in [9.17, 15) is 48.3 Å². The van der Waals surface area contributed by atoms with Crippen molar-refractivity contribution in [2.45, 2.75) is 188 Å². The van der Waals surface area contributed by atoms with Gasteiger partial charge in [-0.2, -0.15) is 0 Å². The number of benzene rings is 1. The lowest BCUT2D eigenvalue weighted by Gasteiger charge is -2.36. The van der Waals surface area contributed by atoms with Crippen LogP contribution in [0, 0.1) is 29.6 Å². The summed E-state index contributed by atoms with van der Waals surface area (Å²) in [6.45, 7) is 17.9. The Morgan fingerprint density at radius 3 is 2.12 bits per heavy atom. The van der Waals surface area contributed by atoms with Crippen molar-refractivity contribution in [2.75, 3.05) is 34.3 Å². The number of rotatable bonds is 14. The van der Waals surface area contributed by atoms with Gasteiger partial charge in [0.15, 0.2) is 11.9 Å². The highest BCUT2D eigenvalue weighted by atomic mass is 16.6. The van der Waals surface area contributed by atoms with Crippen LogP contribution >= 0.6 is 0 Å². The number of carbonyl (C=O) groups excluding carboxylic acids is 9. The number of likely N-dealkylation sites (N-methyl/N-ethyl adjacent to an activating group) is 2. The number of aliphatic hydroxyl groups is 1. The normalized spacial score (nSPS) is 28.3. The molecular weight excluding hydrogens is 955 g/mol. The van der Waals surface area contributed by atoms with Crippen molar-refractivity contribution in [2.24, 2.45) is 29.6 Å². The fraction of sp³-hybridized carbons (Fsp3) is 0.722. The summed E-state index contributed by atoms with van der Waals surface area (Å²) in [5, 5.41) is 23.3. The van der Waals surface area contributed by atoms with Gasteiger partial charge in [0.2, 0.25) is 35.4 Å². The smallest absolute Gasteiger partial charge is 0.329 e. The summed E-state index contributed by atoms with van der Waals surface area (Å²) in [5.74, 6) is -8.71. The summed E-state index contributed by atoms with van der Waals surface area (Å²) >= 11 is 0. The summed E-state index contributed by atoms with van der Waals surface area (Å²) in [7, 11) is 4.46. The molecule has 0 saturated carbocycles. The Balaban J connectivity index is 1.88. The first-order valence-corrected chi connectivity index (χ1v) is 26.5. The molecule has 20 heteroatoms. The Morgan fingerprint density at radius 1 is 0.892 bits per heavy atom. The van der Waals surface area contributed by atoms with E-state index in [1.54, 1.807) is 45.0 Å². The Hall–Kier alpha value is -5.63. The standard InChI is InChI=1S/C54H85N7O13/c1-14-32(8)44-42(62)28-43(63)74-47(31(6)7)46(64)33(9)48(65)56-38(25-29(2)3)52(69)61-24-16-18-39(61)53(70)60(12)41(27-35-19-21-36(72-13)22-20-35)54(71)73-34(10)45(50(67)57-44)58-49(66)40(26-30(4)5)59(11)51(68)37-17-15-23-55-37/h19-22,29-34,37-42,44-45,47,55,62H,14-18,23-28H2,1-13H3,(H,56,65)(H,57,67)(H,58,66)/t32-,33-,34+,37-,38-,39-,40+,41-,42-,44-,45-,47-/m0/s1. The van der Waals surface area contributed by atoms with E-state index in [1.807, 2.05) is 34.6 Å². The average Bonchev–Trinajstić information content (AvgIpc) is 4.09. The molecule has 0 spiro atoms. The highest BCUT2D eigenvalue weighted by molar-refractivity contribution is 6.05. The Kier molecular flexibility index (Phi) is 22.9. The van der Waals surface area contributed by atoms with Gasteiger partial charge in [0.1, 0.15) is 42.1 Å². The van der Waals surface area contributed by atoms with Crippen LogP contribution in [-0.2, 0) is 59.0 Å². The van der Waals surface area contributed by atoms with Crippen molar-refractivity contribution in [1.29, 1.82) is 0 Å². The molecular formula is C54H85N7O13. The van der Waals surface area contributed by atoms with Crippen molar-refractivity contribution in [3.05, 3.63) is 29.8 Å². The molecule has 1 aromatic carbocycles. The first-order valence-electron chi connectivity index (χ1n) is 26.5. The molecule has 3 heterocycles. The Labute approximate surface area is 437 Å². The van der Waals surface area contributed by atoms with E-state index in [-0.39, 0.29) is 50.0 Å². The lowest BCUT2D eigenvalue weighted by Crippen LogP contribution is -2.62. The third-order valence-corrected chi connectivity index (χ3v) is 14.7. The lowest BCUT2D eigenvalue weighted by molar-refractivity contribution is -0.163. The predicted molar refractivity (Wildman–Crippen MR) is 275 cm³/mol. The number of amides is 6. The second-order valence-electron chi connectivity index (χ2n) is 21.7. The van der Waals surface area contributed by atoms with Crippen LogP contribution < -0.4 is 26.0 Å². The molecule has 4 rings (SSSR count). The first-order chi connectivity index (χ1) is 34.8. The van der Waals surface area contributed by atoms with E-state index in [1.165, 1.54) is 49.8 Å². The molecule has 0 radical (unpaired) electrons. The number of nitrogens with one attached hydrogen (secondary N) is 4. The van der Waals surface area contributed by atoms with Gasteiger partial charge in [-0.3, -0.25) is 38.4 Å². The van der Waals surface area contributed by atoms with Crippen LogP contribution in [0.5, 0.6) is 5.75 Å². The zero-order valence-electron chi connectivity index (χ0n) is 45.9. The monoisotopic (exact) mass is 1040 g/mol. The SMILES string of the molecule is CC[C@H](C)[C@@H]1NC(=O)[C@@H](NC(=O)[C@@H](CC(C)C)N(C)C(=O)[C@@H]2CCCN2)[C@@H](C)OC(=O)[C@H](Cc2ccc(OC)cc2)N(C)C(=O)[C@@H]2CCCN2C(=O)[C@H](CC(C)C)NC(=O)[C@@H](C)C(=O)[C@H](C(C)C)OC(=O)C[C@@H]1O. The maximum atomic E-state index is 14.9. The predicted octanol–water partition coefficient (Wildman–Crippen LogP) is 2.70. The van der Waals surface area contributed by atoms with Crippen LogP contribution in [0.25, 0.3) is 0 Å². The molecule has 12 atom stereocenters. The Bertz CT molecular complexity index is 2130. The molecule has 6 amide bonds. The molecule has 20 nitrogen and oxygen atoms in total. The molecule has 0 bridgehead atoms. The van der Waals surface area contributed by atoms with Crippen molar-refractivity contribution < 1.29 is 62.5 Å². The maximum absolute atomic E-state index is 14.9. The van der Waals surface area contributed by atoms with E-state index in [4.69, 9.17) is 14.2 Å². The molecule has 3 saturated heterocycles. The molecule has 3 aliphatic heterocycles. The number of carbonyl (C=O) groups is 9. The van der Waals surface area contributed by atoms with Crippen molar-refractivity contribution in [3.8, 4) is 5.75 Å². The molecule has 74 heavy (non-hydrogen) atoms. The van der Waals surface area contributed by atoms with E-state index in [0.29, 0.717) is 37.1 Å². The molecule has 5 N–H and O–H groups in total. The molecule has 414 valence electrons. The van der Waals surface area contributed by atoms with Crippen LogP contribution in [0.1, 0.15) is 126 Å². The van der Waals surface area contributed by atoms with Gasteiger partial charge in [-0.1, -0.05) is 73.9 Å². The van der Waals surface area contributed by atoms with Crippen molar-refractivity contribution in [3.63, 3.8) is 0 Å². The van der Waals surface area contributed by atoms with Gasteiger partial charge in [-0.05, 0) is 100 Å². The fourth-order valence-electron chi connectivity index (χ4n) is 9.90. The van der Waals surface area contributed by atoms with E-state index >= 15 is 0 Å². The molecule has 3 aliphatic rings.